The Bertz CT molecular complexity index is 330. The van der Waals surface area contributed by atoms with Crippen LogP contribution in [0.25, 0.3) is 0 Å². The van der Waals surface area contributed by atoms with Crippen LogP contribution in [0, 0.1) is 0 Å². The summed E-state index contributed by atoms with van der Waals surface area (Å²) < 4.78 is 0. The van der Waals surface area contributed by atoms with E-state index in [-0.39, 0.29) is 0 Å². The molecule has 15 heavy (non-hydrogen) atoms. The zero-order chi connectivity index (χ0) is 10.5. The van der Waals surface area contributed by atoms with Crippen LogP contribution in [0.3, 0.4) is 0 Å². The Hall–Kier alpha value is -0.670. The van der Waals surface area contributed by atoms with E-state index in [9.17, 15) is 0 Å². The fraction of sp³-hybridized carbons (Fsp3) is 0.583. The maximum Gasteiger partial charge on any atom is 0.0925 e. The Morgan fingerprint density at radius 1 is 1.53 bits per heavy atom. The summed E-state index contributed by atoms with van der Waals surface area (Å²) in [5, 5.41) is 4.84. The molecule has 0 amide bonds. The fourth-order valence-electron chi connectivity index (χ4n) is 1.82. The Balaban J connectivity index is 1.79. The van der Waals surface area contributed by atoms with Crippen LogP contribution in [-0.4, -0.2) is 11.0 Å². The minimum atomic E-state index is 0.669. The molecule has 0 aliphatic heterocycles. The van der Waals surface area contributed by atoms with Crippen molar-refractivity contribution in [3.63, 3.8) is 0 Å². The lowest BCUT2D eigenvalue weighted by atomic mass is 10.0. The molecule has 2 rings (SSSR count). The van der Waals surface area contributed by atoms with Crippen LogP contribution in [0.4, 0.5) is 0 Å². The molecule has 2 nitrogen and oxygen atoms in total. The van der Waals surface area contributed by atoms with Crippen LogP contribution in [0.15, 0.2) is 18.3 Å². The Kier molecular flexibility index (Phi) is 3.92. The van der Waals surface area contributed by atoms with Gasteiger partial charge in [0.05, 0.1) is 5.01 Å². The van der Waals surface area contributed by atoms with Gasteiger partial charge in [-0.1, -0.05) is 19.1 Å². The maximum atomic E-state index is 4.36. The molecule has 1 heterocycles. The molecule has 1 unspecified atom stereocenters. The van der Waals surface area contributed by atoms with Gasteiger partial charge in [0.2, 0.25) is 0 Å². The lowest BCUT2D eigenvalue weighted by Crippen LogP contribution is -2.28. The standard InChI is InChI=1S/C12H18N2S/c1-2-12-14-9-11(15-12)8-13-10-6-4-3-5-7-10/h3-4,9-10,13H,2,5-8H2,1H3. The summed E-state index contributed by atoms with van der Waals surface area (Å²) in [6, 6.07) is 0.669. The van der Waals surface area contributed by atoms with Crippen molar-refractivity contribution in [1.29, 1.82) is 0 Å². The number of nitrogens with one attached hydrogen (secondary N) is 1. The van der Waals surface area contributed by atoms with Gasteiger partial charge in [-0.2, -0.15) is 0 Å². The molecule has 0 radical (unpaired) electrons. The highest BCUT2D eigenvalue weighted by Gasteiger charge is 2.09. The Labute approximate surface area is 95.4 Å². The molecule has 0 aromatic carbocycles. The third-order valence-electron chi connectivity index (χ3n) is 2.74. The number of nitrogens with zero attached hydrogens (tertiary/aromatic N) is 1. The van der Waals surface area contributed by atoms with Crippen LogP contribution in [0.2, 0.25) is 0 Å². The zero-order valence-electron chi connectivity index (χ0n) is 9.20. The van der Waals surface area contributed by atoms with E-state index in [1.54, 1.807) is 0 Å². The summed E-state index contributed by atoms with van der Waals surface area (Å²) >= 11 is 1.83. The molecule has 82 valence electrons. The summed E-state index contributed by atoms with van der Waals surface area (Å²) in [5.74, 6) is 0. The highest BCUT2D eigenvalue weighted by atomic mass is 32.1. The second-order valence-electron chi connectivity index (χ2n) is 3.94. The predicted molar refractivity (Wildman–Crippen MR) is 65.1 cm³/mol. The van der Waals surface area contributed by atoms with Crippen molar-refractivity contribution in [3.05, 3.63) is 28.2 Å². The monoisotopic (exact) mass is 222 g/mol. The molecule has 1 atom stereocenters. The highest BCUT2D eigenvalue weighted by Crippen LogP contribution is 2.15. The number of rotatable bonds is 4. The summed E-state index contributed by atoms with van der Waals surface area (Å²) in [5.41, 5.74) is 0. The SMILES string of the molecule is CCc1ncc(CNC2CC=CCC2)s1. The average molecular weight is 222 g/mol. The van der Waals surface area contributed by atoms with Crippen LogP contribution >= 0.6 is 11.3 Å². The minimum absolute atomic E-state index is 0.669. The smallest absolute Gasteiger partial charge is 0.0925 e. The Morgan fingerprint density at radius 2 is 2.47 bits per heavy atom. The van der Waals surface area contributed by atoms with E-state index in [2.05, 4.69) is 29.4 Å². The number of aryl methyl sites for hydroxylation is 1. The van der Waals surface area contributed by atoms with Crippen molar-refractivity contribution in [3.8, 4) is 0 Å². The van der Waals surface area contributed by atoms with Crippen molar-refractivity contribution in [1.82, 2.24) is 10.3 Å². The van der Waals surface area contributed by atoms with Gasteiger partial charge in [0.15, 0.2) is 0 Å². The lowest BCUT2D eigenvalue weighted by molar-refractivity contribution is 0.476. The molecule has 1 aromatic heterocycles. The molecule has 1 N–H and O–H groups in total. The van der Waals surface area contributed by atoms with E-state index in [1.807, 2.05) is 17.5 Å². The van der Waals surface area contributed by atoms with Crippen LogP contribution < -0.4 is 5.32 Å². The number of aromatic nitrogens is 1. The normalized spacial score (nSPS) is 20.7. The molecule has 0 spiro atoms. The van der Waals surface area contributed by atoms with Gasteiger partial charge in [-0.25, -0.2) is 4.98 Å². The third-order valence-corrected chi connectivity index (χ3v) is 3.88. The highest BCUT2D eigenvalue weighted by molar-refractivity contribution is 7.11. The summed E-state index contributed by atoms with van der Waals surface area (Å²) in [7, 11) is 0. The molecular formula is C12H18N2S. The number of hydrogen-bond donors (Lipinski definition) is 1. The molecule has 0 saturated carbocycles. The molecule has 1 aliphatic rings. The fourth-order valence-corrected chi connectivity index (χ4v) is 2.63. The summed E-state index contributed by atoms with van der Waals surface area (Å²) in [6.07, 6.45) is 11.3. The summed E-state index contributed by atoms with van der Waals surface area (Å²) in [6.45, 7) is 3.14. The van der Waals surface area contributed by atoms with Crippen molar-refractivity contribution in [2.45, 2.75) is 45.2 Å². The molecule has 3 heteroatoms. The van der Waals surface area contributed by atoms with Gasteiger partial charge in [-0.3, -0.25) is 0 Å². The quantitative estimate of drug-likeness (QED) is 0.792. The number of hydrogen-bond acceptors (Lipinski definition) is 3. The first-order valence-electron chi connectivity index (χ1n) is 5.70. The van der Waals surface area contributed by atoms with E-state index in [0.29, 0.717) is 6.04 Å². The van der Waals surface area contributed by atoms with Gasteiger partial charge < -0.3 is 5.32 Å². The van der Waals surface area contributed by atoms with Crippen LogP contribution in [0.5, 0.6) is 0 Å². The predicted octanol–water partition coefficient (Wildman–Crippen LogP) is 2.90. The second kappa shape index (κ2) is 5.42. The van der Waals surface area contributed by atoms with E-state index >= 15 is 0 Å². The minimum Gasteiger partial charge on any atom is -0.309 e. The van der Waals surface area contributed by atoms with Crippen LogP contribution in [-0.2, 0) is 13.0 Å². The molecule has 0 saturated heterocycles. The molecule has 0 fully saturated rings. The third kappa shape index (κ3) is 3.14. The second-order valence-corrected chi connectivity index (χ2v) is 5.14. The van der Waals surface area contributed by atoms with Crippen molar-refractivity contribution in [2.75, 3.05) is 0 Å². The first-order chi connectivity index (χ1) is 7.38. The van der Waals surface area contributed by atoms with E-state index in [1.165, 1.54) is 29.1 Å². The molecule has 0 bridgehead atoms. The topological polar surface area (TPSA) is 24.9 Å². The van der Waals surface area contributed by atoms with Crippen molar-refractivity contribution < 1.29 is 0 Å². The molecular weight excluding hydrogens is 204 g/mol. The molecule has 1 aliphatic carbocycles. The van der Waals surface area contributed by atoms with E-state index in [0.717, 1.165) is 13.0 Å². The number of thiazole rings is 1. The van der Waals surface area contributed by atoms with Gasteiger partial charge >= 0.3 is 0 Å². The summed E-state index contributed by atoms with van der Waals surface area (Å²) in [4.78, 5) is 5.73. The van der Waals surface area contributed by atoms with Crippen LogP contribution in [0.1, 0.15) is 36.1 Å². The Morgan fingerprint density at radius 3 is 3.13 bits per heavy atom. The largest absolute Gasteiger partial charge is 0.309 e. The van der Waals surface area contributed by atoms with Gasteiger partial charge in [-0.05, 0) is 25.7 Å². The van der Waals surface area contributed by atoms with E-state index < -0.39 is 0 Å². The molecule has 1 aromatic rings. The van der Waals surface area contributed by atoms with Gasteiger partial charge in [-0.15, -0.1) is 11.3 Å². The van der Waals surface area contributed by atoms with Crippen molar-refractivity contribution in [2.24, 2.45) is 0 Å². The van der Waals surface area contributed by atoms with Crippen molar-refractivity contribution >= 4 is 11.3 Å². The zero-order valence-corrected chi connectivity index (χ0v) is 10.0. The van der Waals surface area contributed by atoms with Gasteiger partial charge in [0, 0.05) is 23.7 Å². The van der Waals surface area contributed by atoms with E-state index in [4.69, 9.17) is 0 Å². The number of allylic oxidation sites excluding steroid dienone is 1. The average Bonchev–Trinajstić information content (AvgIpc) is 2.76. The van der Waals surface area contributed by atoms with Gasteiger partial charge in [0.1, 0.15) is 0 Å². The maximum absolute atomic E-state index is 4.36. The first kappa shape index (κ1) is 10.8. The van der Waals surface area contributed by atoms with Gasteiger partial charge in [0.25, 0.3) is 0 Å². The first-order valence-corrected chi connectivity index (χ1v) is 6.52. The lowest BCUT2D eigenvalue weighted by Gasteiger charge is -2.18.